The average Bonchev–Trinajstić information content (AvgIpc) is 3.31. The molecule has 370 valence electrons. The summed E-state index contributed by atoms with van der Waals surface area (Å²) < 4.78 is 5.98. The molecule has 0 fully saturated rings. The van der Waals surface area contributed by atoms with Gasteiger partial charge in [-0.15, -0.1) is 0 Å². The predicted octanol–water partition coefficient (Wildman–Crippen LogP) is 4.26. The van der Waals surface area contributed by atoms with E-state index in [0.717, 1.165) is 5.56 Å². The zero-order valence-electron chi connectivity index (χ0n) is 38.8. The number of thiocarbonyl (C=S) groups is 1. The van der Waals surface area contributed by atoms with Gasteiger partial charge in [0.05, 0.1) is 23.6 Å². The van der Waals surface area contributed by atoms with Gasteiger partial charge in [-0.05, 0) is 85.1 Å². The number of anilines is 1. The van der Waals surface area contributed by atoms with Crippen LogP contribution in [0.5, 0.6) is 5.75 Å². The standard InChI is InChI=1S/C50H57N7O11S2/c1-49(2,50(3,70)57-48(69)55-32-11-15-37(31(23-32)27-59)45-38-16-13-35(62)24-41(38)68-42-25-36(63)14-17-39(42)45)26-44(65)56-40(22-30-8-5-4-6-9-30)46(66)52-20-19-51-43(64)18-12-34(29-61)54-47(67)53-33(28-60)10-7-21-58/h4-6,8-9,11,13-17,21,23-25,28-29,33-34,40,59,62,70H,7,10,12,18-20,22,26-27H2,1-3H3,(H,51,64)(H,52,66)(H,56,65)(H2,53,54,67)(H2,55,57,69). The molecule has 1 heterocycles. The van der Waals surface area contributed by atoms with E-state index in [9.17, 15) is 48.6 Å². The van der Waals surface area contributed by atoms with Gasteiger partial charge in [0.1, 0.15) is 42.0 Å². The molecule has 18 nitrogen and oxygen atoms in total. The third-order valence-corrected chi connectivity index (χ3v) is 12.6. The first-order valence-corrected chi connectivity index (χ1v) is 23.3. The van der Waals surface area contributed by atoms with E-state index in [-0.39, 0.29) is 74.5 Å². The van der Waals surface area contributed by atoms with Crippen LogP contribution in [-0.2, 0) is 41.8 Å². The molecule has 1 aliphatic carbocycles. The maximum Gasteiger partial charge on any atom is 0.315 e. The second-order valence-corrected chi connectivity index (χ2v) is 18.7. The van der Waals surface area contributed by atoms with Crippen LogP contribution in [-0.4, -0.2) is 94.0 Å². The van der Waals surface area contributed by atoms with E-state index in [1.807, 2.05) is 44.2 Å². The highest BCUT2D eigenvalue weighted by Crippen LogP contribution is 2.43. The monoisotopic (exact) mass is 995 g/mol. The lowest BCUT2D eigenvalue weighted by Gasteiger charge is -2.41. The summed E-state index contributed by atoms with van der Waals surface area (Å²) in [6.07, 6.45) is 1.62. The number of fused-ring (bicyclic) bond motifs is 2. The lowest BCUT2D eigenvalue weighted by atomic mass is 9.81. The number of hydrogen-bond acceptors (Lipinski definition) is 13. The number of amides is 5. The molecule has 70 heavy (non-hydrogen) atoms. The molecule has 0 aromatic heterocycles. The lowest BCUT2D eigenvalue weighted by molar-refractivity contribution is -0.130. The van der Waals surface area contributed by atoms with Crippen LogP contribution >= 0.6 is 24.8 Å². The van der Waals surface area contributed by atoms with Gasteiger partial charge in [-0.3, -0.25) is 19.2 Å². The third kappa shape index (κ3) is 14.9. The average molecular weight is 996 g/mol. The Kier molecular flexibility index (Phi) is 19.1. The first-order valence-electron chi connectivity index (χ1n) is 22.4. The Morgan fingerprint density at radius 3 is 2.19 bits per heavy atom. The Labute approximate surface area is 414 Å². The second kappa shape index (κ2) is 24.9. The first-order chi connectivity index (χ1) is 33.4. The molecule has 20 heteroatoms. The molecule has 4 atom stereocenters. The van der Waals surface area contributed by atoms with Crippen molar-refractivity contribution in [3.8, 4) is 28.2 Å². The molecule has 3 aromatic carbocycles. The molecular formula is C50H57N7O11S2. The van der Waals surface area contributed by atoms with Crippen LogP contribution in [0.2, 0.25) is 0 Å². The first kappa shape index (κ1) is 53.8. The minimum absolute atomic E-state index is 0.0133. The molecule has 3 aromatic rings. The van der Waals surface area contributed by atoms with Gasteiger partial charge in [-0.1, -0.05) is 50.2 Å². The van der Waals surface area contributed by atoms with Gasteiger partial charge in [0.15, 0.2) is 10.5 Å². The number of nitrogens with one attached hydrogen (secondary N) is 7. The lowest BCUT2D eigenvalue weighted by Crippen LogP contribution is -2.55. The van der Waals surface area contributed by atoms with Crippen LogP contribution in [0.1, 0.15) is 64.0 Å². The van der Waals surface area contributed by atoms with Crippen molar-refractivity contribution in [1.29, 1.82) is 0 Å². The number of phenolic OH excluding ortho intramolecular Hbond substituents is 1. The highest BCUT2D eigenvalue weighted by Gasteiger charge is 2.41. The van der Waals surface area contributed by atoms with Crippen molar-refractivity contribution < 1.29 is 48.2 Å². The Hall–Kier alpha value is -7.16. The van der Waals surface area contributed by atoms with Crippen molar-refractivity contribution in [3.05, 3.63) is 106 Å². The summed E-state index contributed by atoms with van der Waals surface area (Å²) in [6, 6.07) is 19.9. The zero-order chi connectivity index (χ0) is 51.0. The summed E-state index contributed by atoms with van der Waals surface area (Å²) in [5.41, 5.74) is 3.07. The number of hydrogen-bond donors (Lipinski definition) is 10. The SMILES string of the molecule is CC(C)(CC(=O)NC(Cc1ccccc1)C(=O)NCCNC(=O)CCC(C=O)NC(=O)NC(C=O)CCC=O)C(C)(S)NC(=S)Nc1ccc(-c2c3ccc(=O)cc-3oc3cc(O)ccc23)c(CO)c1. The number of phenols is 1. The normalized spacial score (nSPS) is 13.4. The minimum atomic E-state index is -1.10. The number of aliphatic hydroxyl groups excluding tert-OH is 1. The molecular weight excluding hydrogens is 939 g/mol. The number of thiol groups is 1. The summed E-state index contributed by atoms with van der Waals surface area (Å²) in [4.78, 5) is 96.5. The smallest absolute Gasteiger partial charge is 0.315 e. The van der Waals surface area contributed by atoms with Gasteiger partial charge in [0, 0.05) is 78.5 Å². The van der Waals surface area contributed by atoms with Crippen molar-refractivity contribution in [1.82, 2.24) is 31.9 Å². The highest BCUT2D eigenvalue weighted by molar-refractivity contribution is 7.82. The Bertz CT molecular complexity index is 2730. The van der Waals surface area contributed by atoms with E-state index in [0.29, 0.717) is 63.5 Å². The fraction of sp³-hybridized carbons (Fsp3) is 0.340. The molecule has 5 amide bonds. The van der Waals surface area contributed by atoms with E-state index in [1.165, 1.54) is 24.3 Å². The molecule has 0 bridgehead atoms. The van der Waals surface area contributed by atoms with Crippen LogP contribution in [0.25, 0.3) is 33.4 Å². The Balaban J connectivity index is 1.16. The van der Waals surface area contributed by atoms with Crippen LogP contribution in [0, 0.1) is 5.41 Å². The Morgan fingerprint density at radius 1 is 0.814 bits per heavy atom. The Morgan fingerprint density at radius 2 is 1.50 bits per heavy atom. The van der Waals surface area contributed by atoms with E-state index in [1.54, 1.807) is 37.3 Å². The molecule has 1 aliphatic heterocycles. The van der Waals surface area contributed by atoms with Gasteiger partial charge in [-0.25, -0.2) is 4.79 Å². The molecule has 0 radical (unpaired) electrons. The number of aldehydes is 3. The molecule has 2 aliphatic rings. The van der Waals surface area contributed by atoms with Crippen molar-refractivity contribution in [2.75, 3.05) is 18.4 Å². The van der Waals surface area contributed by atoms with Crippen molar-refractivity contribution in [2.45, 2.75) is 88.9 Å². The van der Waals surface area contributed by atoms with Gasteiger partial charge in [-0.2, -0.15) is 12.6 Å². The van der Waals surface area contributed by atoms with E-state index >= 15 is 0 Å². The summed E-state index contributed by atoms with van der Waals surface area (Å²) in [5.74, 6) is -1.08. The van der Waals surface area contributed by atoms with Gasteiger partial charge >= 0.3 is 6.03 Å². The summed E-state index contributed by atoms with van der Waals surface area (Å²) in [7, 11) is 0. The maximum absolute atomic E-state index is 13.8. The largest absolute Gasteiger partial charge is 0.508 e. The summed E-state index contributed by atoms with van der Waals surface area (Å²) >= 11 is 10.6. The van der Waals surface area contributed by atoms with Gasteiger partial charge in [0.2, 0.25) is 17.7 Å². The topological polar surface area (TPSA) is 274 Å². The quantitative estimate of drug-likeness (QED) is 0.0103. The molecule has 5 rings (SSSR count). The fourth-order valence-electron chi connectivity index (χ4n) is 7.49. The number of carbonyl (C=O) groups is 7. The zero-order valence-corrected chi connectivity index (χ0v) is 40.5. The molecule has 0 saturated heterocycles. The van der Waals surface area contributed by atoms with Gasteiger partial charge in [0.25, 0.3) is 0 Å². The van der Waals surface area contributed by atoms with Crippen LogP contribution in [0.3, 0.4) is 0 Å². The van der Waals surface area contributed by atoms with E-state index in [2.05, 4.69) is 37.2 Å². The number of urea groups is 1. The number of aliphatic hydroxyl groups is 1. The molecule has 9 N–H and O–H groups in total. The summed E-state index contributed by atoms with van der Waals surface area (Å²) in [5, 5.41) is 40.9. The highest BCUT2D eigenvalue weighted by atomic mass is 32.1. The van der Waals surface area contributed by atoms with Gasteiger partial charge < -0.3 is 66.2 Å². The van der Waals surface area contributed by atoms with E-state index < -0.39 is 52.2 Å². The van der Waals surface area contributed by atoms with Crippen LogP contribution in [0.15, 0.2) is 94.1 Å². The number of carbonyl (C=O) groups excluding carboxylic acids is 7. The fourth-order valence-corrected chi connectivity index (χ4v) is 8.07. The second-order valence-electron chi connectivity index (χ2n) is 17.4. The van der Waals surface area contributed by atoms with Crippen molar-refractivity contribution in [2.24, 2.45) is 5.41 Å². The maximum atomic E-state index is 13.8. The number of aromatic hydroxyl groups is 1. The molecule has 0 spiro atoms. The number of benzene rings is 4. The van der Waals surface area contributed by atoms with Crippen LogP contribution in [0.4, 0.5) is 10.5 Å². The predicted molar refractivity (Wildman–Crippen MR) is 271 cm³/mol. The van der Waals surface area contributed by atoms with E-state index in [4.69, 9.17) is 29.3 Å². The molecule has 4 unspecified atom stereocenters. The van der Waals surface area contributed by atoms with Crippen molar-refractivity contribution >= 4 is 89.2 Å². The van der Waals surface area contributed by atoms with Crippen molar-refractivity contribution in [3.63, 3.8) is 0 Å². The minimum Gasteiger partial charge on any atom is -0.508 e. The van der Waals surface area contributed by atoms with Crippen LogP contribution < -0.4 is 42.6 Å². The summed E-state index contributed by atoms with van der Waals surface area (Å²) in [6.45, 7) is 5.09. The number of rotatable bonds is 24. The molecule has 0 saturated carbocycles. The third-order valence-electron chi connectivity index (χ3n) is 11.7.